The zero-order chi connectivity index (χ0) is 32.4. The SMILES string of the molecule is Cc1nc2n(c(=O)c1CCN1CCC(c3noc4cc(F)ccc34)CC1)CCCC2OCC(=O)N1CCC(C(=O)CC(=O)O)CC1. The van der Waals surface area contributed by atoms with Crippen LogP contribution in [-0.2, 0) is 32.1 Å². The van der Waals surface area contributed by atoms with Gasteiger partial charge in [-0.2, -0.15) is 0 Å². The van der Waals surface area contributed by atoms with E-state index in [1.165, 1.54) is 12.1 Å². The van der Waals surface area contributed by atoms with E-state index in [9.17, 15) is 23.6 Å². The number of rotatable bonds is 10. The number of likely N-dealkylation sites (tertiary alicyclic amines) is 2. The molecule has 6 rings (SSSR count). The lowest BCUT2D eigenvalue weighted by molar-refractivity contribution is -0.144. The van der Waals surface area contributed by atoms with Crippen LogP contribution in [0.3, 0.4) is 0 Å². The molecular formula is C33H40FN5O7. The van der Waals surface area contributed by atoms with Gasteiger partial charge in [-0.15, -0.1) is 0 Å². The van der Waals surface area contributed by atoms with Gasteiger partial charge in [0.25, 0.3) is 5.56 Å². The number of aromatic nitrogens is 3. The molecule has 3 aliphatic heterocycles. The minimum Gasteiger partial charge on any atom is -0.481 e. The Labute approximate surface area is 265 Å². The fourth-order valence-electron chi connectivity index (χ4n) is 7.13. The van der Waals surface area contributed by atoms with Crippen molar-refractivity contribution in [3.05, 3.63) is 57.1 Å². The lowest BCUT2D eigenvalue weighted by Crippen LogP contribution is -2.42. The maximum Gasteiger partial charge on any atom is 0.310 e. The molecule has 46 heavy (non-hydrogen) atoms. The van der Waals surface area contributed by atoms with Crippen LogP contribution in [-0.4, -0.2) is 86.6 Å². The van der Waals surface area contributed by atoms with Crippen LogP contribution in [0.5, 0.6) is 0 Å². The first-order chi connectivity index (χ1) is 22.2. The van der Waals surface area contributed by atoms with Gasteiger partial charge in [0.15, 0.2) is 5.58 Å². The van der Waals surface area contributed by atoms with E-state index in [0.717, 1.165) is 50.0 Å². The Morgan fingerprint density at radius 2 is 1.83 bits per heavy atom. The Bertz CT molecular complexity index is 1670. The number of amides is 1. The van der Waals surface area contributed by atoms with Crippen LogP contribution >= 0.6 is 0 Å². The van der Waals surface area contributed by atoms with Crippen molar-refractivity contribution in [2.75, 3.05) is 39.3 Å². The first-order valence-electron chi connectivity index (χ1n) is 16.2. The summed E-state index contributed by atoms with van der Waals surface area (Å²) < 4.78 is 26.7. The fraction of sp³-hybridized carbons (Fsp3) is 0.576. The Balaban J connectivity index is 1.01. The number of hydrogen-bond donors (Lipinski definition) is 1. The highest BCUT2D eigenvalue weighted by molar-refractivity contribution is 5.96. The van der Waals surface area contributed by atoms with Crippen LogP contribution < -0.4 is 5.56 Å². The summed E-state index contributed by atoms with van der Waals surface area (Å²) in [6.07, 6.45) is 3.74. The zero-order valence-corrected chi connectivity index (χ0v) is 26.1. The molecule has 3 aromatic rings. The molecule has 0 saturated carbocycles. The number of ketones is 1. The summed E-state index contributed by atoms with van der Waals surface area (Å²) in [6.45, 7) is 5.49. The van der Waals surface area contributed by atoms with E-state index in [2.05, 4.69) is 10.1 Å². The molecule has 2 aromatic heterocycles. The van der Waals surface area contributed by atoms with E-state index < -0.39 is 18.5 Å². The number of benzene rings is 1. The highest BCUT2D eigenvalue weighted by Gasteiger charge is 2.31. The number of nitrogens with zero attached hydrogens (tertiary/aromatic N) is 5. The summed E-state index contributed by atoms with van der Waals surface area (Å²) in [5.74, 6) is -1.48. The number of Topliss-reactive ketones (excluding diaryl/α,β-unsaturated/α-hetero) is 1. The zero-order valence-electron chi connectivity index (χ0n) is 26.1. The molecule has 1 amide bonds. The Morgan fingerprint density at radius 3 is 2.57 bits per heavy atom. The van der Waals surface area contributed by atoms with Crippen molar-refractivity contribution in [1.82, 2.24) is 24.5 Å². The molecule has 0 bridgehead atoms. The number of carbonyl (C=O) groups excluding carboxylic acids is 2. The van der Waals surface area contributed by atoms with Crippen LogP contribution in [0.2, 0.25) is 0 Å². The van der Waals surface area contributed by atoms with Gasteiger partial charge >= 0.3 is 5.97 Å². The van der Waals surface area contributed by atoms with Crippen molar-refractivity contribution < 1.29 is 33.1 Å². The van der Waals surface area contributed by atoms with Crippen LogP contribution in [0, 0.1) is 18.7 Å². The number of carboxylic acids is 1. The molecule has 1 N–H and O–H groups in total. The number of aryl methyl sites for hydroxylation is 1. The van der Waals surface area contributed by atoms with Crippen molar-refractivity contribution >= 4 is 28.6 Å². The van der Waals surface area contributed by atoms with E-state index in [0.29, 0.717) is 68.0 Å². The van der Waals surface area contributed by atoms with Crippen molar-refractivity contribution in [3.8, 4) is 0 Å². The monoisotopic (exact) mass is 637 g/mol. The van der Waals surface area contributed by atoms with Gasteiger partial charge in [-0.1, -0.05) is 5.16 Å². The van der Waals surface area contributed by atoms with Crippen molar-refractivity contribution in [2.24, 2.45) is 5.92 Å². The van der Waals surface area contributed by atoms with Gasteiger partial charge in [0.2, 0.25) is 5.91 Å². The number of carbonyl (C=O) groups is 3. The number of hydrogen-bond acceptors (Lipinski definition) is 9. The van der Waals surface area contributed by atoms with Gasteiger partial charge in [-0.05, 0) is 77.1 Å². The molecule has 246 valence electrons. The molecular weight excluding hydrogens is 597 g/mol. The summed E-state index contributed by atoms with van der Waals surface area (Å²) in [6, 6.07) is 4.53. The maximum absolute atomic E-state index is 13.6. The van der Waals surface area contributed by atoms with E-state index in [4.69, 9.17) is 19.4 Å². The molecule has 13 heteroatoms. The molecule has 0 aliphatic carbocycles. The first kappa shape index (κ1) is 32.0. The van der Waals surface area contributed by atoms with E-state index in [1.807, 2.05) is 6.92 Å². The second kappa shape index (κ2) is 13.8. The van der Waals surface area contributed by atoms with Gasteiger partial charge in [0.05, 0.1) is 5.69 Å². The molecule has 1 aromatic carbocycles. The van der Waals surface area contributed by atoms with Crippen molar-refractivity contribution in [3.63, 3.8) is 0 Å². The van der Waals surface area contributed by atoms with Gasteiger partial charge in [0, 0.05) is 60.7 Å². The maximum atomic E-state index is 13.6. The quantitative estimate of drug-likeness (QED) is 0.328. The van der Waals surface area contributed by atoms with Crippen LogP contribution in [0.4, 0.5) is 4.39 Å². The smallest absolute Gasteiger partial charge is 0.310 e. The minimum absolute atomic E-state index is 0.0496. The van der Waals surface area contributed by atoms with Gasteiger partial charge < -0.3 is 24.2 Å². The second-order valence-electron chi connectivity index (χ2n) is 12.7. The second-order valence-corrected chi connectivity index (χ2v) is 12.7. The Morgan fingerprint density at radius 1 is 1.07 bits per heavy atom. The predicted octanol–water partition coefficient (Wildman–Crippen LogP) is 3.39. The standard InChI is InChI=1S/C33H40FN5O7/c1-20-24(10-14-37-12-6-22(7-13-37)31-25-5-4-23(34)17-28(25)46-36-31)33(44)39-11-2-3-27(32(39)35-20)45-19-29(41)38-15-8-21(9-16-38)26(40)18-30(42)43/h4-5,17,21-22,27H,2-3,6-16,18-19H2,1H3,(H,42,43). The summed E-state index contributed by atoms with van der Waals surface area (Å²) >= 11 is 0. The third kappa shape index (κ3) is 6.90. The lowest BCUT2D eigenvalue weighted by atomic mass is 9.91. The average Bonchev–Trinajstić information content (AvgIpc) is 3.46. The van der Waals surface area contributed by atoms with Gasteiger partial charge in [0.1, 0.15) is 36.6 Å². The number of piperidine rings is 2. The molecule has 1 unspecified atom stereocenters. The lowest BCUT2D eigenvalue weighted by Gasteiger charge is -2.32. The normalized spacial score (nSPS) is 19.8. The topological polar surface area (TPSA) is 148 Å². The minimum atomic E-state index is -1.13. The average molecular weight is 638 g/mol. The van der Waals surface area contributed by atoms with Crippen LogP contribution in [0.1, 0.15) is 79.7 Å². The number of halogens is 1. The molecule has 0 radical (unpaired) electrons. The number of fused-ring (bicyclic) bond motifs is 2. The van der Waals surface area contributed by atoms with E-state index in [-0.39, 0.29) is 41.5 Å². The summed E-state index contributed by atoms with van der Waals surface area (Å²) in [7, 11) is 0. The molecule has 3 aliphatic rings. The molecule has 2 fully saturated rings. The van der Waals surface area contributed by atoms with Crippen LogP contribution in [0.25, 0.3) is 11.0 Å². The number of aliphatic carboxylic acids is 1. The molecule has 2 saturated heterocycles. The van der Waals surface area contributed by atoms with Gasteiger partial charge in [-0.25, -0.2) is 9.37 Å². The highest BCUT2D eigenvalue weighted by Crippen LogP contribution is 2.33. The van der Waals surface area contributed by atoms with Gasteiger partial charge in [-0.3, -0.25) is 23.7 Å². The Hall–Kier alpha value is -3.97. The molecule has 1 atom stereocenters. The van der Waals surface area contributed by atoms with Crippen molar-refractivity contribution in [2.45, 2.75) is 76.9 Å². The van der Waals surface area contributed by atoms with E-state index >= 15 is 0 Å². The largest absolute Gasteiger partial charge is 0.481 e. The number of ether oxygens (including phenoxy) is 1. The third-order valence-electron chi connectivity index (χ3n) is 9.79. The molecule has 12 nitrogen and oxygen atoms in total. The fourth-order valence-corrected chi connectivity index (χ4v) is 7.13. The van der Waals surface area contributed by atoms with Crippen LogP contribution in [0.15, 0.2) is 27.5 Å². The summed E-state index contributed by atoms with van der Waals surface area (Å²) in [5.41, 5.74) is 2.69. The summed E-state index contributed by atoms with van der Waals surface area (Å²) in [4.78, 5) is 58.2. The predicted molar refractivity (Wildman–Crippen MR) is 164 cm³/mol. The first-order valence-corrected chi connectivity index (χ1v) is 16.2. The Kier molecular flexibility index (Phi) is 9.60. The van der Waals surface area contributed by atoms with Crippen molar-refractivity contribution in [1.29, 1.82) is 0 Å². The third-order valence-corrected chi connectivity index (χ3v) is 9.79. The number of carboxylic acid groups (broad SMARTS) is 1. The molecule has 5 heterocycles. The van der Waals surface area contributed by atoms with E-state index in [1.54, 1.807) is 15.5 Å². The molecule has 0 spiro atoms. The summed E-state index contributed by atoms with van der Waals surface area (Å²) in [5, 5.41) is 14.0. The highest BCUT2D eigenvalue weighted by atomic mass is 19.1.